The topological polar surface area (TPSA) is 72.9 Å². The lowest BCUT2D eigenvalue weighted by Crippen LogP contribution is -2.50. The fourth-order valence-corrected chi connectivity index (χ4v) is 2.76. The molecule has 0 atom stereocenters. The van der Waals surface area contributed by atoms with Gasteiger partial charge < -0.3 is 20.2 Å². The third-order valence-corrected chi connectivity index (χ3v) is 4.13. The molecule has 0 bridgehead atoms. The van der Waals surface area contributed by atoms with E-state index in [0.717, 1.165) is 6.54 Å². The largest absolute Gasteiger partial charge is 0.481 e. The molecule has 1 saturated heterocycles. The third-order valence-electron chi connectivity index (χ3n) is 4.13. The summed E-state index contributed by atoms with van der Waals surface area (Å²) in [5.74, 6) is -0.769. The van der Waals surface area contributed by atoms with Crippen molar-refractivity contribution >= 4 is 12.0 Å². The highest BCUT2D eigenvalue weighted by atomic mass is 16.4. The first-order chi connectivity index (χ1) is 9.56. The smallest absolute Gasteiger partial charge is 0.317 e. The van der Waals surface area contributed by atoms with Crippen molar-refractivity contribution in [1.29, 1.82) is 0 Å². The third kappa shape index (κ3) is 5.19. The Hall–Kier alpha value is -1.30. The van der Waals surface area contributed by atoms with Crippen molar-refractivity contribution in [2.45, 2.75) is 33.6 Å². The van der Waals surface area contributed by atoms with Crippen LogP contribution in [0.25, 0.3) is 0 Å². The minimum absolute atomic E-state index is 0.00449. The molecule has 6 nitrogen and oxygen atoms in total. The lowest BCUT2D eigenvalue weighted by Gasteiger charge is -2.37. The number of hydrogen-bond acceptors (Lipinski definition) is 3. The number of urea groups is 1. The molecule has 1 fully saturated rings. The van der Waals surface area contributed by atoms with E-state index in [1.54, 1.807) is 11.8 Å². The second kappa shape index (κ2) is 6.64. The van der Waals surface area contributed by atoms with Crippen LogP contribution in [-0.4, -0.2) is 67.2 Å². The van der Waals surface area contributed by atoms with Crippen LogP contribution < -0.4 is 5.32 Å². The van der Waals surface area contributed by atoms with Crippen LogP contribution in [-0.2, 0) is 4.79 Å². The van der Waals surface area contributed by atoms with Crippen LogP contribution in [0.5, 0.6) is 0 Å². The van der Waals surface area contributed by atoms with Crippen LogP contribution in [0.4, 0.5) is 4.79 Å². The Kier molecular flexibility index (Phi) is 5.61. The number of carboxylic acid groups (broad SMARTS) is 1. The van der Waals surface area contributed by atoms with Crippen molar-refractivity contribution in [3.05, 3.63) is 0 Å². The maximum absolute atomic E-state index is 12.2. The molecule has 1 heterocycles. The molecule has 0 radical (unpaired) electrons. The summed E-state index contributed by atoms with van der Waals surface area (Å²) in [4.78, 5) is 27.2. The van der Waals surface area contributed by atoms with Gasteiger partial charge in [0.1, 0.15) is 0 Å². The highest BCUT2D eigenvalue weighted by Crippen LogP contribution is 2.31. The Balaban J connectivity index is 2.43. The van der Waals surface area contributed by atoms with E-state index >= 15 is 0 Å². The van der Waals surface area contributed by atoms with Crippen LogP contribution in [0.1, 0.15) is 33.6 Å². The summed E-state index contributed by atoms with van der Waals surface area (Å²) in [5.41, 5.74) is -0.689. The molecule has 21 heavy (non-hydrogen) atoms. The van der Waals surface area contributed by atoms with Crippen molar-refractivity contribution in [3.8, 4) is 0 Å². The van der Waals surface area contributed by atoms with Crippen molar-refractivity contribution < 1.29 is 14.7 Å². The quantitative estimate of drug-likeness (QED) is 0.806. The second-order valence-corrected chi connectivity index (χ2v) is 7.41. The van der Waals surface area contributed by atoms with E-state index in [-0.39, 0.29) is 11.4 Å². The minimum atomic E-state index is -0.769. The van der Waals surface area contributed by atoms with Crippen molar-refractivity contribution in [1.82, 2.24) is 15.1 Å². The summed E-state index contributed by atoms with van der Waals surface area (Å²) < 4.78 is 0. The number of aliphatic carboxylic acids is 1. The van der Waals surface area contributed by atoms with Crippen molar-refractivity contribution in [2.75, 3.05) is 40.3 Å². The Morgan fingerprint density at radius 3 is 2.24 bits per heavy atom. The van der Waals surface area contributed by atoms with Crippen LogP contribution in [0, 0.1) is 10.8 Å². The molecule has 0 spiro atoms. The number of amides is 2. The number of carbonyl (C=O) groups is 2. The van der Waals surface area contributed by atoms with Gasteiger partial charge in [-0.15, -0.1) is 0 Å². The van der Waals surface area contributed by atoms with E-state index in [9.17, 15) is 14.7 Å². The maximum atomic E-state index is 12.2. The average Bonchev–Trinajstić information content (AvgIpc) is 2.35. The number of rotatable bonds is 5. The minimum Gasteiger partial charge on any atom is -0.481 e. The van der Waals surface area contributed by atoms with E-state index in [4.69, 9.17) is 0 Å². The van der Waals surface area contributed by atoms with Crippen LogP contribution >= 0.6 is 0 Å². The molecular formula is C15H29N3O3. The van der Waals surface area contributed by atoms with Gasteiger partial charge in [0, 0.05) is 26.2 Å². The molecule has 2 amide bonds. The van der Waals surface area contributed by atoms with E-state index in [0.29, 0.717) is 32.5 Å². The summed E-state index contributed by atoms with van der Waals surface area (Å²) in [7, 11) is 4.03. The first-order valence-corrected chi connectivity index (χ1v) is 7.47. The van der Waals surface area contributed by atoms with E-state index in [2.05, 4.69) is 24.1 Å². The number of nitrogens with zero attached hydrogens (tertiary/aromatic N) is 2. The molecule has 1 aliphatic rings. The Morgan fingerprint density at radius 1 is 1.29 bits per heavy atom. The number of carbonyl (C=O) groups excluding carboxylic acids is 1. The fourth-order valence-electron chi connectivity index (χ4n) is 2.76. The Labute approximate surface area is 127 Å². The number of nitrogens with one attached hydrogen (secondary N) is 1. The van der Waals surface area contributed by atoms with Gasteiger partial charge in [-0.2, -0.15) is 0 Å². The van der Waals surface area contributed by atoms with Crippen LogP contribution in [0.2, 0.25) is 0 Å². The van der Waals surface area contributed by atoms with Gasteiger partial charge in [-0.1, -0.05) is 13.8 Å². The molecule has 0 saturated carbocycles. The number of likely N-dealkylation sites (tertiary alicyclic amines) is 1. The predicted molar refractivity (Wildman–Crippen MR) is 82.3 cm³/mol. The number of hydrogen-bond donors (Lipinski definition) is 2. The van der Waals surface area contributed by atoms with Gasteiger partial charge in [0.25, 0.3) is 0 Å². The monoisotopic (exact) mass is 299 g/mol. The Morgan fingerprint density at radius 2 is 1.81 bits per heavy atom. The summed E-state index contributed by atoms with van der Waals surface area (Å²) in [6.07, 6.45) is 1.02. The van der Waals surface area contributed by atoms with Gasteiger partial charge in [-0.05, 0) is 39.3 Å². The molecule has 2 N–H and O–H groups in total. The maximum Gasteiger partial charge on any atom is 0.317 e. The van der Waals surface area contributed by atoms with Gasteiger partial charge >= 0.3 is 12.0 Å². The zero-order valence-electron chi connectivity index (χ0n) is 13.9. The highest BCUT2D eigenvalue weighted by molar-refractivity contribution is 5.77. The number of carboxylic acids is 1. The zero-order chi connectivity index (χ0) is 16.3. The van der Waals surface area contributed by atoms with Gasteiger partial charge in [0.2, 0.25) is 0 Å². The molecule has 0 aliphatic carbocycles. The molecule has 0 aromatic heterocycles. The second-order valence-electron chi connectivity index (χ2n) is 7.41. The first-order valence-electron chi connectivity index (χ1n) is 7.47. The molecule has 122 valence electrons. The lowest BCUT2D eigenvalue weighted by molar-refractivity contribution is -0.150. The lowest BCUT2D eigenvalue weighted by atomic mass is 9.80. The standard InChI is InChI=1S/C15H29N3O3/c1-14(2,11-17(4)5)10-16-13(21)18-8-6-15(3,7-9-18)12(19)20/h6-11H2,1-5H3,(H,16,21)(H,19,20). The summed E-state index contributed by atoms with van der Waals surface area (Å²) >= 11 is 0. The Bertz CT molecular complexity index is 386. The van der Waals surface area contributed by atoms with Gasteiger partial charge in [0.15, 0.2) is 0 Å². The van der Waals surface area contributed by atoms with Crippen molar-refractivity contribution in [3.63, 3.8) is 0 Å². The molecule has 1 aliphatic heterocycles. The normalized spacial score (nSPS) is 18.7. The highest BCUT2D eigenvalue weighted by Gasteiger charge is 2.38. The summed E-state index contributed by atoms with van der Waals surface area (Å²) in [5, 5.41) is 12.2. The molecule has 6 heteroatoms. The van der Waals surface area contributed by atoms with E-state index in [1.807, 2.05) is 14.1 Å². The van der Waals surface area contributed by atoms with Crippen LogP contribution in [0.3, 0.4) is 0 Å². The SMILES string of the molecule is CN(C)CC(C)(C)CNC(=O)N1CCC(C)(C(=O)O)CC1. The summed E-state index contributed by atoms with van der Waals surface area (Å²) in [6.45, 7) is 8.49. The molecule has 0 aromatic carbocycles. The average molecular weight is 299 g/mol. The van der Waals surface area contributed by atoms with Gasteiger partial charge in [-0.25, -0.2) is 4.79 Å². The first kappa shape index (κ1) is 17.8. The molecule has 1 rings (SSSR count). The predicted octanol–water partition coefficient (Wildman–Crippen LogP) is 1.47. The van der Waals surface area contributed by atoms with Crippen molar-refractivity contribution in [2.24, 2.45) is 10.8 Å². The van der Waals surface area contributed by atoms with Gasteiger partial charge in [-0.3, -0.25) is 4.79 Å². The van der Waals surface area contributed by atoms with Gasteiger partial charge in [0.05, 0.1) is 5.41 Å². The number of piperidine rings is 1. The molecular weight excluding hydrogens is 270 g/mol. The zero-order valence-corrected chi connectivity index (χ0v) is 13.9. The fraction of sp³-hybridized carbons (Fsp3) is 0.867. The van der Waals surface area contributed by atoms with E-state index < -0.39 is 11.4 Å². The molecule has 0 aromatic rings. The summed E-state index contributed by atoms with van der Waals surface area (Å²) in [6, 6.07) is -0.0886. The van der Waals surface area contributed by atoms with Crippen LogP contribution in [0.15, 0.2) is 0 Å². The molecule has 0 unspecified atom stereocenters. The van der Waals surface area contributed by atoms with E-state index in [1.165, 1.54) is 0 Å².